The van der Waals surface area contributed by atoms with Crippen molar-refractivity contribution < 1.29 is 18.1 Å². The molecular weight excluding hydrogens is 463 g/mol. The Morgan fingerprint density at radius 2 is 1.91 bits per heavy atom. The SMILES string of the molecule is Nc1ncc(-c2nc(N3CCOCC3)nc3c2CCN3SOC(=O)Nc2ccccc2F)cn1. The van der Waals surface area contributed by atoms with Crippen molar-refractivity contribution >= 4 is 41.7 Å². The summed E-state index contributed by atoms with van der Waals surface area (Å²) in [7, 11) is 0. The second-order valence-corrected chi connectivity index (χ2v) is 8.26. The predicted octanol–water partition coefficient (Wildman–Crippen LogP) is 2.67. The molecule has 0 bridgehead atoms. The van der Waals surface area contributed by atoms with Crippen LogP contribution in [0.15, 0.2) is 36.7 Å². The van der Waals surface area contributed by atoms with E-state index in [1.165, 1.54) is 18.2 Å². The molecule has 0 aliphatic carbocycles. The predicted molar refractivity (Wildman–Crippen MR) is 126 cm³/mol. The largest absolute Gasteiger partial charge is 0.425 e. The van der Waals surface area contributed by atoms with Gasteiger partial charge in [0.1, 0.15) is 5.82 Å². The van der Waals surface area contributed by atoms with Crippen molar-refractivity contribution in [1.29, 1.82) is 0 Å². The highest BCUT2D eigenvalue weighted by Gasteiger charge is 2.30. The number of anilines is 4. The number of ether oxygens (including phenoxy) is 1. The zero-order valence-electron chi connectivity index (χ0n) is 18.0. The fourth-order valence-electron chi connectivity index (χ4n) is 3.66. The van der Waals surface area contributed by atoms with Gasteiger partial charge in [-0.1, -0.05) is 12.1 Å². The van der Waals surface area contributed by atoms with Crippen LogP contribution in [0.4, 0.5) is 32.6 Å². The van der Waals surface area contributed by atoms with Crippen molar-refractivity contribution in [1.82, 2.24) is 19.9 Å². The van der Waals surface area contributed by atoms with Crippen molar-refractivity contribution in [3.05, 3.63) is 48.0 Å². The molecule has 5 rings (SSSR count). The number of benzene rings is 1. The van der Waals surface area contributed by atoms with Crippen LogP contribution in [0.2, 0.25) is 0 Å². The molecule has 4 heterocycles. The number of nitrogens with two attached hydrogens (primary N) is 1. The van der Waals surface area contributed by atoms with E-state index in [2.05, 4.69) is 15.3 Å². The van der Waals surface area contributed by atoms with Crippen LogP contribution in [0.1, 0.15) is 5.56 Å². The van der Waals surface area contributed by atoms with Crippen molar-refractivity contribution in [2.75, 3.05) is 53.1 Å². The van der Waals surface area contributed by atoms with Crippen LogP contribution in [0.3, 0.4) is 0 Å². The smallest absolute Gasteiger partial charge is 0.378 e. The van der Waals surface area contributed by atoms with Crippen molar-refractivity contribution in [2.24, 2.45) is 0 Å². The third kappa shape index (κ3) is 4.65. The second-order valence-electron chi connectivity index (χ2n) is 7.51. The van der Waals surface area contributed by atoms with Crippen LogP contribution >= 0.6 is 12.2 Å². The summed E-state index contributed by atoms with van der Waals surface area (Å²) in [5.41, 5.74) is 7.99. The van der Waals surface area contributed by atoms with E-state index in [0.717, 1.165) is 17.8 Å². The Balaban J connectivity index is 1.39. The minimum atomic E-state index is -0.793. The first-order valence-corrected chi connectivity index (χ1v) is 11.3. The van der Waals surface area contributed by atoms with Crippen LogP contribution in [-0.4, -0.2) is 58.9 Å². The lowest BCUT2D eigenvalue weighted by atomic mass is 10.1. The van der Waals surface area contributed by atoms with E-state index in [1.54, 1.807) is 22.8 Å². The normalized spacial score (nSPS) is 15.2. The highest BCUT2D eigenvalue weighted by molar-refractivity contribution is 7.96. The Morgan fingerprint density at radius 1 is 1.15 bits per heavy atom. The number of nitrogen functional groups attached to an aromatic ring is 1. The lowest BCUT2D eigenvalue weighted by molar-refractivity contribution is 0.122. The summed E-state index contributed by atoms with van der Waals surface area (Å²) < 4.78 is 26.3. The maximum atomic E-state index is 13.8. The standard InChI is InChI=1S/C21H21FN8O3S/c22-15-3-1-2-4-16(15)26-21(31)33-34-30-6-5-14-17(13-11-24-19(23)25-12-13)27-20(28-18(14)30)29-7-9-32-10-8-29/h1-4,11-12H,5-10H2,(H,26,31)(H2,23,24,25). The summed E-state index contributed by atoms with van der Waals surface area (Å²) >= 11 is 0.836. The van der Waals surface area contributed by atoms with E-state index >= 15 is 0 Å². The molecule has 176 valence electrons. The molecule has 3 N–H and O–H groups in total. The molecule has 1 saturated heterocycles. The summed E-state index contributed by atoms with van der Waals surface area (Å²) in [6.45, 7) is 3.02. The number of hydrogen-bond acceptors (Lipinski definition) is 11. The van der Waals surface area contributed by atoms with E-state index in [9.17, 15) is 9.18 Å². The van der Waals surface area contributed by atoms with Crippen LogP contribution in [0.25, 0.3) is 11.3 Å². The van der Waals surface area contributed by atoms with Crippen molar-refractivity contribution in [3.8, 4) is 11.3 Å². The Morgan fingerprint density at radius 3 is 2.68 bits per heavy atom. The molecule has 34 heavy (non-hydrogen) atoms. The third-order valence-electron chi connectivity index (χ3n) is 5.33. The monoisotopic (exact) mass is 484 g/mol. The minimum absolute atomic E-state index is 0.0393. The van der Waals surface area contributed by atoms with Gasteiger partial charge in [-0.05, 0) is 18.6 Å². The van der Waals surface area contributed by atoms with Gasteiger partial charge in [0.2, 0.25) is 11.9 Å². The summed E-state index contributed by atoms with van der Waals surface area (Å²) in [6.07, 6.45) is 3.09. The lowest BCUT2D eigenvalue weighted by Gasteiger charge is -2.28. The molecule has 0 saturated carbocycles. The topological polar surface area (TPSA) is 132 Å². The fraction of sp³-hybridized carbons (Fsp3) is 0.286. The first-order chi connectivity index (χ1) is 16.6. The molecule has 1 aromatic carbocycles. The molecule has 2 aromatic heterocycles. The maximum absolute atomic E-state index is 13.8. The second kappa shape index (κ2) is 9.65. The first kappa shape index (κ1) is 22.1. The molecule has 2 aliphatic heterocycles. The summed E-state index contributed by atoms with van der Waals surface area (Å²) in [6, 6.07) is 5.87. The Labute approximate surface area is 198 Å². The molecule has 0 unspecified atom stereocenters. The van der Waals surface area contributed by atoms with Gasteiger partial charge in [0, 0.05) is 43.2 Å². The van der Waals surface area contributed by atoms with E-state index in [0.29, 0.717) is 62.3 Å². The molecule has 3 aromatic rings. The van der Waals surface area contributed by atoms with E-state index in [4.69, 9.17) is 24.6 Å². The maximum Gasteiger partial charge on any atom is 0.425 e. The number of aromatic nitrogens is 4. The first-order valence-electron chi connectivity index (χ1n) is 10.6. The lowest BCUT2D eigenvalue weighted by Crippen LogP contribution is -2.37. The average molecular weight is 485 g/mol. The number of amides is 1. The number of morpholine rings is 1. The van der Waals surface area contributed by atoms with Crippen LogP contribution in [0.5, 0.6) is 0 Å². The van der Waals surface area contributed by atoms with Gasteiger partial charge in [-0.2, -0.15) is 4.98 Å². The van der Waals surface area contributed by atoms with Gasteiger partial charge >= 0.3 is 6.09 Å². The van der Waals surface area contributed by atoms with Crippen molar-refractivity contribution in [3.63, 3.8) is 0 Å². The molecule has 1 amide bonds. The highest BCUT2D eigenvalue weighted by Crippen LogP contribution is 2.38. The van der Waals surface area contributed by atoms with E-state index in [-0.39, 0.29) is 11.6 Å². The number of rotatable bonds is 5. The Bertz CT molecular complexity index is 1190. The molecular formula is C21H21FN8O3S. The molecule has 13 heteroatoms. The number of nitrogens with one attached hydrogen (secondary N) is 1. The van der Waals surface area contributed by atoms with Gasteiger partial charge in [0.15, 0.2) is 18.0 Å². The number of para-hydroxylation sites is 1. The number of nitrogens with zero attached hydrogens (tertiary/aromatic N) is 6. The molecule has 1 fully saturated rings. The molecule has 0 radical (unpaired) electrons. The quantitative estimate of drug-likeness (QED) is 0.409. The third-order valence-corrected chi connectivity index (χ3v) is 6.09. The van der Waals surface area contributed by atoms with Crippen LogP contribution in [-0.2, 0) is 15.3 Å². The number of carbonyl (C=O) groups excluding carboxylic acids is 1. The molecule has 11 nitrogen and oxygen atoms in total. The van der Waals surface area contributed by atoms with E-state index < -0.39 is 11.9 Å². The number of hydrogen-bond donors (Lipinski definition) is 2. The zero-order valence-corrected chi connectivity index (χ0v) is 18.8. The van der Waals surface area contributed by atoms with Gasteiger partial charge in [-0.25, -0.2) is 24.1 Å². The summed E-state index contributed by atoms with van der Waals surface area (Å²) in [4.78, 5) is 32.0. The Hall–Kier alpha value is -3.71. The van der Waals surface area contributed by atoms with Crippen LogP contribution < -0.4 is 20.3 Å². The number of carbonyl (C=O) groups is 1. The van der Waals surface area contributed by atoms with E-state index in [1.807, 2.05) is 4.90 Å². The molecule has 0 atom stereocenters. The summed E-state index contributed by atoms with van der Waals surface area (Å²) in [5, 5.41) is 2.40. The minimum Gasteiger partial charge on any atom is -0.378 e. The Kier molecular flexibility index (Phi) is 6.27. The van der Waals surface area contributed by atoms with Gasteiger partial charge in [0.05, 0.1) is 24.6 Å². The number of halogens is 1. The van der Waals surface area contributed by atoms with Crippen LogP contribution in [0, 0.1) is 5.82 Å². The van der Waals surface area contributed by atoms with Gasteiger partial charge in [0.25, 0.3) is 0 Å². The van der Waals surface area contributed by atoms with Crippen molar-refractivity contribution in [2.45, 2.75) is 6.42 Å². The molecule has 0 spiro atoms. The van der Waals surface area contributed by atoms with Gasteiger partial charge < -0.3 is 19.6 Å². The van der Waals surface area contributed by atoms with Gasteiger partial charge in [-0.3, -0.25) is 9.62 Å². The fourth-order valence-corrected chi connectivity index (χ4v) is 4.25. The average Bonchev–Trinajstić information content (AvgIpc) is 3.28. The summed E-state index contributed by atoms with van der Waals surface area (Å²) in [5.74, 6) is 0.799. The highest BCUT2D eigenvalue weighted by atomic mass is 32.2. The molecule has 2 aliphatic rings. The zero-order chi connectivity index (χ0) is 23.5. The van der Waals surface area contributed by atoms with Gasteiger partial charge in [-0.15, -0.1) is 0 Å². The number of fused-ring (bicyclic) bond motifs is 1.